The molecule has 3 nitrogen and oxygen atoms in total. The SMILES string of the molecule is CC(=O)OC(C)(C)C.CCC(CC)Oc1cc(F)cc(Cl)c1. The first-order valence-corrected chi connectivity index (χ1v) is 7.77. The number of carbonyl (C=O) groups is 1. The van der Waals surface area contributed by atoms with E-state index in [4.69, 9.17) is 21.1 Å². The largest absolute Gasteiger partial charge is 0.490 e. The highest BCUT2D eigenvalue weighted by Gasteiger charge is 2.11. The predicted molar refractivity (Wildman–Crippen MR) is 87.9 cm³/mol. The van der Waals surface area contributed by atoms with Crippen molar-refractivity contribution in [3.8, 4) is 5.75 Å². The fraction of sp³-hybridized carbons (Fsp3) is 0.588. The first-order valence-electron chi connectivity index (χ1n) is 7.39. The van der Waals surface area contributed by atoms with Crippen LogP contribution in [0.2, 0.25) is 5.02 Å². The summed E-state index contributed by atoms with van der Waals surface area (Å²) in [6.07, 6.45) is 1.95. The van der Waals surface area contributed by atoms with Crippen molar-refractivity contribution >= 4 is 17.6 Å². The molecular formula is C17H26ClFO3. The highest BCUT2D eigenvalue weighted by molar-refractivity contribution is 6.30. The fourth-order valence-corrected chi connectivity index (χ4v) is 1.89. The third-order valence-electron chi connectivity index (χ3n) is 2.50. The van der Waals surface area contributed by atoms with Crippen molar-refractivity contribution in [3.63, 3.8) is 0 Å². The number of hydrogen-bond acceptors (Lipinski definition) is 3. The highest BCUT2D eigenvalue weighted by Crippen LogP contribution is 2.22. The van der Waals surface area contributed by atoms with Crippen LogP contribution in [0.25, 0.3) is 0 Å². The molecule has 0 unspecified atom stereocenters. The van der Waals surface area contributed by atoms with Gasteiger partial charge >= 0.3 is 5.97 Å². The lowest BCUT2D eigenvalue weighted by molar-refractivity contribution is -0.151. The summed E-state index contributed by atoms with van der Waals surface area (Å²) in [5, 5.41) is 0.367. The summed E-state index contributed by atoms with van der Waals surface area (Å²) in [7, 11) is 0. The van der Waals surface area contributed by atoms with E-state index in [9.17, 15) is 9.18 Å². The smallest absolute Gasteiger partial charge is 0.303 e. The van der Waals surface area contributed by atoms with E-state index in [1.165, 1.54) is 19.1 Å². The molecular weight excluding hydrogens is 307 g/mol. The molecule has 0 aliphatic heterocycles. The maximum atomic E-state index is 12.9. The number of carbonyl (C=O) groups excluding carboxylic acids is 1. The lowest BCUT2D eigenvalue weighted by Gasteiger charge is -2.17. The van der Waals surface area contributed by atoms with Crippen molar-refractivity contribution in [3.05, 3.63) is 29.0 Å². The molecule has 0 aliphatic carbocycles. The van der Waals surface area contributed by atoms with Crippen LogP contribution in [0, 0.1) is 5.82 Å². The van der Waals surface area contributed by atoms with Crippen LogP contribution in [0.3, 0.4) is 0 Å². The van der Waals surface area contributed by atoms with Gasteiger partial charge in [0.1, 0.15) is 17.2 Å². The summed E-state index contributed by atoms with van der Waals surface area (Å²) in [5.41, 5.74) is -0.328. The molecule has 1 aromatic rings. The minimum absolute atomic E-state index is 0.132. The zero-order chi connectivity index (χ0) is 17.3. The zero-order valence-electron chi connectivity index (χ0n) is 14.2. The molecule has 1 rings (SSSR count). The lowest BCUT2D eigenvalue weighted by atomic mass is 10.2. The van der Waals surface area contributed by atoms with Crippen molar-refractivity contribution in [2.24, 2.45) is 0 Å². The Hall–Kier alpha value is -1.29. The summed E-state index contributed by atoms with van der Waals surface area (Å²) >= 11 is 5.70. The fourth-order valence-electron chi connectivity index (χ4n) is 1.68. The van der Waals surface area contributed by atoms with Crippen LogP contribution in [0.5, 0.6) is 5.75 Å². The van der Waals surface area contributed by atoms with Crippen LogP contribution in [0.4, 0.5) is 4.39 Å². The Balaban J connectivity index is 0.000000472. The molecule has 0 saturated heterocycles. The number of esters is 1. The molecule has 0 N–H and O–H groups in total. The van der Waals surface area contributed by atoms with E-state index >= 15 is 0 Å². The average molecular weight is 333 g/mol. The van der Waals surface area contributed by atoms with Gasteiger partial charge in [0.2, 0.25) is 0 Å². The van der Waals surface area contributed by atoms with Crippen molar-refractivity contribution in [2.75, 3.05) is 0 Å². The average Bonchev–Trinajstić information content (AvgIpc) is 2.32. The highest BCUT2D eigenvalue weighted by atomic mass is 35.5. The van der Waals surface area contributed by atoms with E-state index in [0.717, 1.165) is 12.8 Å². The Morgan fingerprint density at radius 3 is 2.09 bits per heavy atom. The lowest BCUT2D eigenvalue weighted by Crippen LogP contribution is -2.21. The van der Waals surface area contributed by atoms with E-state index in [-0.39, 0.29) is 23.5 Å². The second-order valence-corrected chi connectivity index (χ2v) is 6.30. The van der Waals surface area contributed by atoms with Gasteiger partial charge in [-0.2, -0.15) is 0 Å². The van der Waals surface area contributed by atoms with Crippen LogP contribution in [0.15, 0.2) is 18.2 Å². The maximum Gasteiger partial charge on any atom is 0.303 e. The zero-order valence-corrected chi connectivity index (χ0v) is 15.0. The Morgan fingerprint density at radius 1 is 1.23 bits per heavy atom. The van der Waals surface area contributed by atoms with Gasteiger partial charge in [-0.25, -0.2) is 4.39 Å². The maximum absolute atomic E-state index is 12.9. The van der Waals surface area contributed by atoms with Crippen molar-refractivity contribution in [2.45, 2.75) is 66.1 Å². The topological polar surface area (TPSA) is 35.5 Å². The molecule has 0 bridgehead atoms. The summed E-state index contributed by atoms with van der Waals surface area (Å²) in [4.78, 5) is 10.2. The van der Waals surface area contributed by atoms with Gasteiger partial charge in [-0.05, 0) is 45.7 Å². The standard InChI is InChI=1S/C11H14ClFO.C6H12O2/c1-3-10(4-2)14-11-6-8(12)5-9(13)7-11;1-5(7)8-6(2,3)4/h5-7,10H,3-4H2,1-2H3;1-4H3. The first-order chi connectivity index (χ1) is 10.1. The van der Waals surface area contributed by atoms with E-state index in [1.54, 1.807) is 6.07 Å². The van der Waals surface area contributed by atoms with Crippen LogP contribution in [-0.4, -0.2) is 17.7 Å². The molecule has 126 valence electrons. The van der Waals surface area contributed by atoms with Gasteiger partial charge in [0, 0.05) is 18.0 Å². The molecule has 1 aromatic carbocycles. The molecule has 0 aromatic heterocycles. The molecule has 0 amide bonds. The number of rotatable bonds is 4. The Labute approximate surface area is 137 Å². The monoisotopic (exact) mass is 332 g/mol. The first kappa shape index (κ1) is 20.7. The molecule has 0 spiro atoms. The number of benzene rings is 1. The molecule has 0 heterocycles. The molecule has 0 fully saturated rings. The van der Waals surface area contributed by atoms with Crippen molar-refractivity contribution in [1.29, 1.82) is 0 Å². The van der Waals surface area contributed by atoms with Gasteiger partial charge in [-0.1, -0.05) is 25.4 Å². The third-order valence-corrected chi connectivity index (χ3v) is 2.72. The number of ether oxygens (including phenoxy) is 2. The molecule has 5 heteroatoms. The minimum Gasteiger partial charge on any atom is -0.490 e. The second-order valence-electron chi connectivity index (χ2n) is 5.87. The van der Waals surface area contributed by atoms with Crippen LogP contribution >= 0.6 is 11.6 Å². The van der Waals surface area contributed by atoms with Gasteiger partial charge < -0.3 is 9.47 Å². The molecule has 0 aliphatic rings. The van der Waals surface area contributed by atoms with Crippen LogP contribution in [-0.2, 0) is 9.53 Å². The molecule has 0 radical (unpaired) electrons. The molecule has 0 atom stereocenters. The summed E-state index contributed by atoms with van der Waals surface area (Å²) in [6.45, 7) is 11.0. The Bertz CT molecular complexity index is 445. The molecule has 0 saturated carbocycles. The predicted octanol–water partition coefficient (Wildman–Crippen LogP) is 5.39. The third kappa shape index (κ3) is 10.4. The van der Waals surface area contributed by atoms with Crippen LogP contribution < -0.4 is 4.74 Å². The van der Waals surface area contributed by atoms with Gasteiger partial charge in [0.25, 0.3) is 0 Å². The normalized spacial score (nSPS) is 10.8. The van der Waals surface area contributed by atoms with E-state index < -0.39 is 0 Å². The minimum atomic E-state index is -0.363. The van der Waals surface area contributed by atoms with Crippen molar-refractivity contribution < 1.29 is 18.7 Å². The van der Waals surface area contributed by atoms with Crippen LogP contribution in [0.1, 0.15) is 54.4 Å². The summed E-state index contributed by atoms with van der Waals surface area (Å²) in [5.74, 6) is -0.0837. The number of halogens is 2. The molecule has 22 heavy (non-hydrogen) atoms. The van der Waals surface area contributed by atoms with Gasteiger partial charge in [0.15, 0.2) is 0 Å². The van der Waals surface area contributed by atoms with Crippen molar-refractivity contribution in [1.82, 2.24) is 0 Å². The van der Waals surface area contributed by atoms with E-state index in [2.05, 4.69) is 0 Å². The summed E-state index contributed by atoms with van der Waals surface area (Å²) < 4.78 is 23.3. The van der Waals surface area contributed by atoms with Gasteiger partial charge in [-0.15, -0.1) is 0 Å². The Kier molecular flexibility index (Phi) is 9.10. The van der Waals surface area contributed by atoms with Gasteiger partial charge in [-0.3, -0.25) is 4.79 Å². The Morgan fingerprint density at radius 2 is 1.77 bits per heavy atom. The van der Waals surface area contributed by atoms with Gasteiger partial charge in [0.05, 0.1) is 6.10 Å². The summed E-state index contributed by atoms with van der Waals surface area (Å²) in [6, 6.07) is 4.24. The second kappa shape index (κ2) is 9.67. The van der Waals surface area contributed by atoms with E-state index in [0.29, 0.717) is 10.8 Å². The quantitative estimate of drug-likeness (QED) is 0.693. The number of hydrogen-bond donors (Lipinski definition) is 0. The van der Waals surface area contributed by atoms with E-state index in [1.807, 2.05) is 34.6 Å².